The van der Waals surface area contributed by atoms with E-state index in [0.29, 0.717) is 0 Å². The van der Waals surface area contributed by atoms with Crippen molar-refractivity contribution in [1.29, 1.82) is 0 Å². The summed E-state index contributed by atoms with van der Waals surface area (Å²) in [6, 6.07) is 54.0. The molecule has 6 aromatic rings. The maximum absolute atomic E-state index is 5.11. The number of nitrogens with one attached hydrogen (secondary N) is 4. The van der Waals surface area contributed by atoms with Crippen molar-refractivity contribution in [3.05, 3.63) is 174 Å². The second-order valence-electron chi connectivity index (χ2n) is 12.8. The van der Waals surface area contributed by atoms with E-state index in [1.165, 1.54) is 22.3 Å². The normalized spacial score (nSPS) is 20.0. The minimum atomic E-state index is -0.778. The molecule has 6 nitrogen and oxygen atoms in total. The third kappa shape index (κ3) is 4.72. The zero-order chi connectivity index (χ0) is 32.1. The van der Waals surface area contributed by atoms with E-state index in [9.17, 15) is 0 Å². The summed E-state index contributed by atoms with van der Waals surface area (Å²) >= 11 is 0. The highest BCUT2D eigenvalue weighted by Gasteiger charge is 2.47. The first kappa shape index (κ1) is 28.4. The molecule has 0 saturated carbocycles. The van der Waals surface area contributed by atoms with E-state index < -0.39 is 5.66 Å². The number of nitrogens with zero attached hydrogens (tertiary/aromatic N) is 2. The van der Waals surface area contributed by atoms with Crippen molar-refractivity contribution in [3.63, 3.8) is 0 Å². The molecule has 6 heteroatoms. The summed E-state index contributed by atoms with van der Waals surface area (Å²) in [5, 5.41) is 15.5. The van der Waals surface area contributed by atoms with Gasteiger partial charge in [-0.05, 0) is 70.6 Å². The molecule has 9 rings (SSSR count). The van der Waals surface area contributed by atoms with Crippen molar-refractivity contribution in [3.8, 4) is 22.3 Å². The Hall–Kier alpha value is -5.85. The monoisotopic (exact) mass is 624 g/mol. The molecular weight excluding hydrogens is 589 g/mol. The first-order chi connectivity index (χ1) is 23.7. The number of hydrogen-bond acceptors (Lipinski definition) is 6. The summed E-state index contributed by atoms with van der Waals surface area (Å²) in [5.41, 5.74) is 12.0. The van der Waals surface area contributed by atoms with E-state index in [-0.39, 0.29) is 18.5 Å². The van der Waals surface area contributed by atoms with E-state index >= 15 is 0 Å². The number of anilines is 3. The predicted molar refractivity (Wildman–Crippen MR) is 197 cm³/mol. The van der Waals surface area contributed by atoms with Gasteiger partial charge in [-0.25, -0.2) is 0 Å². The lowest BCUT2D eigenvalue weighted by molar-refractivity contribution is 0.278. The van der Waals surface area contributed by atoms with Gasteiger partial charge in [0.25, 0.3) is 0 Å². The van der Waals surface area contributed by atoms with Crippen LogP contribution in [0.3, 0.4) is 0 Å². The molecule has 3 aliphatic heterocycles. The van der Waals surface area contributed by atoms with Gasteiger partial charge in [0.1, 0.15) is 24.2 Å². The lowest BCUT2D eigenvalue weighted by atomic mass is 9.86. The first-order valence-electron chi connectivity index (χ1n) is 16.6. The fraction of sp³-hybridized carbons (Fsp3) is 0.119. The molecule has 0 radical (unpaired) electrons. The average Bonchev–Trinajstić information content (AvgIpc) is 3.56. The molecular formula is C42H36N6. The highest BCUT2D eigenvalue weighted by atomic mass is 15.5. The van der Waals surface area contributed by atoms with Crippen molar-refractivity contribution < 1.29 is 0 Å². The number of para-hydroxylation sites is 2. The van der Waals surface area contributed by atoms with Gasteiger partial charge in [-0.3, -0.25) is 10.3 Å². The number of benzene rings is 6. The maximum Gasteiger partial charge on any atom is 0.144 e. The SMILES string of the molecule is Cc1ccc2c(c1)C1Nc3ccccc3N1C(C1N=CNC(c3cccc(-c4ccccc4)c3)(c3cccc(-c4ccccc4)c3)N1)N2. The van der Waals surface area contributed by atoms with Crippen molar-refractivity contribution in [2.24, 2.45) is 4.99 Å². The number of fused-ring (bicyclic) bond motifs is 5. The lowest BCUT2D eigenvalue weighted by Gasteiger charge is -2.48. The second kappa shape index (κ2) is 11.4. The van der Waals surface area contributed by atoms with Gasteiger partial charge >= 0.3 is 0 Å². The molecule has 6 aromatic carbocycles. The molecule has 0 amide bonds. The van der Waals surface area contributed by atoms with Crippen molar-refractivity contribution in [2.45, 2.75) is 31.1 Å². The fourth-order valence-electron chi connectivity index (χ4n) is 7.52. The summed E-state index contributed by atoms with van der Waals surface area (Å²) in [5.74, 6) is 0. The zero-order valence-corrected chi connectivity index (χ0v) is 26.6. The number of aliphatic imine (C=N–C) groups is 1. The second-order valence-corrected chi connectivity index (χ2v) is 12.8. The highest BCUT2D eigenvalue weighted by molar-refractivity contribution is 5.81. The Kier molecular flexibility index (Phi) is 6.76. The van der Waals surface area contributed by atoms with Crippen LogP contribution in [-0.4, -0.2) is 18.7 Å². The van der Waals surface area contributed by atoms with E-state index in [2.05, 4.69) is 185 Å². The highest BCUT2D eigenvalue weighted by Crippen LogP contribution is 2.48. The Morgan fingerprint density at radius 1 is 0.583 bits per heavy atom. The fourth-order valence-corrected chi connectivity index (χ4v) is 7.52. The van der Waals surface area contributed by atoms with Crippen LogP contribution in [0.4, 0.5) is 17.1 Å². The van der Waals surface area contributed by atoms with Gasteiger partial charge in [-0.2, -0.15) is 0 Å². The zero-order valence-electron chi connectivity index (χ0n) is 26.6. The Bertz CT molecular complexity index is 2060. The molecule has 3 unspecified atom stereocenters. The number of aryl methyl sites for hydroxylation is 1. The predicted octanol–water partition coefficient (Wildman–Crippen LogP) is 8.46. The van der Waals surface area contributed by atoms with E-state index in [0.717, 1.165) is 39.3 Å². The largest absolute Gasteiger partial charge is 0.362 e. The van der Waals surface area contributed by atoms with Crippen LogP contribution in [0.25, 0.3) is 22.3 Å². The van der Waals surface area contributed by atoms with Gasteiger partial charge < -0.3 is 20.9 Å². The molecule has 0 saturated heterocycles. The third-order valence-electron chi connectivity index (χ3n) is 9.84. The summed E-state index contributed by atoms with van der Waals surface area (Å²) in [6.07, 6.45) is 1.36. The van der Waals surface area contributed by atoms with E-state index in [1.54, 1.807) is 0 Å². The molecule has 3 atom stereocenters. The molecule has 0 spiro atoms. The van der Waals surface area contributed by atoms with E-state index in [4.69, 9.17) is 4.99 Å². The van der Waals surface area contributed by atoms with Gasteiger partial charge in [0.15, 0.2) is 0 Å². The Morgan fingerprint density at radius 3 is 1.90 bits per heavy atom. The molecule has 48 heavy (non-hydrogen) atoms. The van der Waals surface area contributed by atoms with Gasteiger partial charge in [0.2, 0.25) is 0 Å². The van der Waals surface area contributed by atoms with Gasteiger partial charge in [-0.1, -0.05) is 127 Å². The quantitative estimate of drug-likeness (QED) is 0.155. The third-order valence-corrected chi connectivity index (χ3v) is 9.84. The first-order valence-corrected chi connectivity index (χ1v) is 16.6. The summed E-state index contributed by atoms with van der Waals surface area (Å²) < 4.78 is 0. The van der Waals surface area contributed by atoms with Crippen LogP contribution in [0.1, 0.15) is 28.4 Å². The molecule has 0 fully saturated rings. The molecule has 4 N–H and O–H groups in total. The summed E-state index contributed by atoms with van der Waals surface area (Å²) in [7, 11) is 0. The minimum absolute atomic E-state index is 0.0207. The van der Waals surface area contributed by atoms with Crippen LogP contribution in [0.5, 0.6) is 0 Å². The molecule has 0 bridgehead atoms. The van der Waals surface area contributed by atoms with Gasteiger partial charge in [0.05, 0.1) is 17.7 Å². The summed E-state index contributed by atoms with van der Waals surface area (Å²) in [4.78, 5) is 7.55. The van der Waals surface area contributed by atoms with E-state index in [1.807, 2.05) is 6.34 Å². The molecule has 0 aromatic heterocycles. The van der Waals surface area contributed by atoms with Crippen molar-refractivity contribution in [2.75, 3.05) is 15.5 Å². The van der Waals surface area contributed by atoms with Gasteiger partial charge in [-0.15, -0.1) is 0 Å². The minimum Gasteiger partial charge on any atom is -0.362 e. The molecule has 0 aliphatic carbocycles. The maximum atomic E-state index is 5.11. The average molecular weight is 625 g/mol. The van der Waals surface area contributed by atoms with Crippen LogP contribution >= 0.6 is 0 Å². The molecule has 3 aliphatic rings. The standard InChI is InChI=1S/C42H36N6/c1-28-22-23-36-35(24-28)40-46-37-20-8-9-21-38(37)48(40)41(45-36)39-43-27-44-42(47-39,33-18-10-16-31(25-33)29-12-4-2-5-13-29)34-19-11-17-32(26-34)30-14-6-3-7-15-30/h2-27,39-41,45-47H,1H3,(H,43,44). The Morgan fingerprint density at radius 2 is 1.21 bits per heavy atom. The van der Waals surface area contributed by atoms with Crippen LogP contribution in [0, 0.1) is 6.92 Å². The Labute approximate surface area is 281 Å². The van der Waals surface area contributed by atoms with Crippen molar-refractivity contribution in [1.82, 2.24) is 10.6 Å². The topological polar surface area (TPSA) is 63.7 Å². The van der Waals surface area contributed by atoms with Crippen LogP contribution in [-0.2, 0) is 5.66 Å². The number of rotatable bonds is 5. The summed E-state index contributed by atoms with van der Waals surface area (Å²) in [6.45, 7) is 2.15. The van der Waals surface area contributed by atoms with Crippen molar-refractivity contribution >= 4 is 23.4 Å². The number of hydrogen-bond donors (Lipinski definition) is 4. The Balaban J connectivity index is 1.19. The smallest absolute Gasteiger partial charge is 0.144 e. The molecule has 234 valence electrons. The van der Waals surface area contributed by atoms with Gasteiger partial charge in [0, 0.05) is 11.3 Å². The van der Waals surface area contributed by atoms with Crippen LogP contribution in [0.15, 0.2) is 157 Å². The van der Waals surface area contributed by atoms with Crippen LogP contribution < -0.4 is 26.2 Å². The molecule has 3 heterocycles. The van der Waals surface area contributed by atoms with Crippen LogP contribution in [0.2, 0.25) is 0 Å². The lowest BCUT2D eigenvalue weighted by Crippen LogP contribution is -2.67.